The van der Waals surface area contributed by atoms with Crippen LogP contribution in [0.5, 0.6) is 5.75 Å². The Bertz CT molecular complexity index is 841. The van der Waals surface area contributed by atoms with Crippen LogP contribution in [0.2, 0.25) is 5.02 Å². The lowest BCUT2D eigenvalue weighted by Crippen LogP contribution is -2.48. The van der Waals surface area contributed by atoms with Gasteiger partial charge in [-0.25, -0.2) is 0 Å². The molecular weight excluding hydrogens is 432 g/mol. The van der Waals surface area contributed by atoms with E-state index in [1.165, 1.54) is 0 Å². The van der Waals surface area contributed by atoms with Gasteiger partial charge in [0.2, 0.25) is 11.8 Å². The molecule has 0 fully saturated rings. The molecule has 0 aliphatic carbocycles. The molecule has 0 heterocycles. The average molecular weight is 463 g/mol. The number of thioether (sulfide) groups is 1. The number of carbonyl (C=O) groups excluding carboxylic acids is 2. The number of nitrogens with one attached hydrogen (secondary N) is 1. The van der Waals surface area contributed by atoms with E-state index in [0.717, 1.165) is 16.2 Å². The second-order valence-corrected chi connectivity index (χ2v) is 9.34. The largest absolute Gasteiger partial charge is 0.497 e. The molecule has 2 aromatic carbocycles. The van der Waals surface area contributed by atoms with E-state index in [1.54, 1.807) is 30.7 Å². The monoisotopic (exact) mass is 462 g/mol. The van der Waals surface area contributed by atoms with E-state index in [4.69, 9.17) is 16.3 Å². The van der Waals surface area contributed by atoms with E-state index in [-0.39, 0.29) is 11.8 Å². The molecule has 2 aromatic rings. The van der Waals surface area contributed by atoms with E-state index in [1.807, 2.05) is 62.4 Å². The minimum absolute atomic E-state index is 0.0514. The van der Waals surface area contributed by atoms with Gasteiger partial charge in [-0.15, -0.1) is 11.8 Å². The Morgan fingerprint density at radius 3 is 2.29 bits per heavy atom. The number of rotatable bonds is 11. The molecule has 0 saturated carbocycles. The van der Waals surface area contributed by atoms with Gasteiger partial charge in [0.1, 0.15) is 11.8 Å². The number of carbonyl (C=O) groups is 2. The van der Waals surface area contributed by atoms with Gasteiger partial charge in [-0.05, 0) is 54.8 Å². The second-order valence-electron chi connectivity index (χ2n) is 7.74. The molecule has 168 valence electrons. The van der Waals surface area contributed by atoms with Gasteiger partial charge in [-0.3, -0.25) is 9.59 Å². The normalized spacial score (nSPS) is 11.8. The number of ether oxygens (including phenoxy) is 1. The molecule has 1 atom stereocenters. The fourth-order valence-corrected chi connectivity index (χ4v) is 3.86. The number of hydrogen-bond donors (Lipinski definition) is 1. The van der Waals surface area contributed by atoms with Crippen molar-refractivity contribution in [2.24, 2.45) is 5.92 Å². The van der Waals surface area contributed by atoms with Gasteiger partial charge in [-0.2, -0.15) is 0 Å². The molecule has 2 amide bonds. The van der Waals surface area contributed by atoms with Crippen LogP contribution in [-0.2, 0) is 16.1 Å². The quantitative estimate of drug-likeness (QED) is 0.476. The lowest BCUT2D eigenvalue weighted by Gasteiger charge is -2.29. The molecule has 0 bridgehead atoms. The van der Waals surface area contributed by atoms with Gasteiger partial charge in [0.15, 0.2) is 0 Å². The van der Waals surface area contributed by atoms with Crippen molar-refractivity contribution in [1.82, 2.24) is 10.2 Å². The fourth-order valence-electron chi connectivity index (χ4n) is 2.89. The highest BCUT2D eigenvalue weighted by atomic mass is 35.5. The topological polar surface area (TPSA) is 58.6 Å². The number of methoxy groups -OCH3 is 1. The molecule has 0 spiro atoms. The van der Waals surface area contributed by atoms with Crippen molar-refractivity contribution in [2.45, 2.75) is 44.7 Å². The standard InChI is InChI=1S/C24H31ClN2O3S/c1-17(2)15-26-24(29)18(3)27(16-19-5-9-21(30-4)10-6-19)23(28)13-14-31-22-11-7-20(25)8-12-22/h5-12,17-18H,13-16H2,1-4H3,(H,26,29)/t18-/m1/s1. The summed E-state index contributed by atoms with van der Waals surface area (Å²) in [6.07, 6.45) is 0.339. The summed E-state index contributed by atoms with van der Waals surface area (Å²) in [5, 5.41) is 3.63. The van der Waals surface area contributed by atoms with Crippen LogP contribution in [0.4, 0.5) is 0 Å². The zero-order valence-electron chi connectivity index (χ0n) is 18.6. The lowest BCUT2D eigenvalue weighted by atomic mass is 10.1. The van der Waals surface area contributed by atoms with Crippen molar-refractivity contribution in [1.29, 1.82) is 0 Å². The minimum Gasteiger partial charge on any atom is -0.497 e. The minimum atomic E-state index is -0.561. The van der Waals surface area contributed by atoms with Crippen molar-refractivity contribution < 1.29 is 14.3 Å². The summed E-state index contributed by atoms with van der Waals surface area (Å²) in [5.41, 5.74) is 0.947. The summed E-state index contributed by atoms with van der Waals surface area (Å²) >= 11 is 7.52. The van der Waals surface area contributed by atoms with E-state index in [9.17, 15) is 9.59 Å². The highest BCUT2D eigenvalue weighted by Gasteiger charge is 2.26. The Labute approximate surface area is 194 Å². The molecule has 5 nitrogen and oxygen atoms in total. The van der Waals surface area contributed by atoms with Crippen LogP contribution >= 0.6 is 23.4 Å². The molecule has 31 heavy (non-hydrogen) atoms. The van der Waals surface area contributed by atoms with Crippen LogP contribution in [-0.4, -0.2) is 42.2 Å². The average Bonchev–Trinajstić information content (AvgIpc) is 2.77. The first-order valence-electron chi connectivity index (χ1n) is 10.4. The predicted octanol–water partition coefficient (Wildman–Crippen LogP) is 5.02. The second kappa shape index (κ2) is 12.6. The number of amides is 2. The van der Waals surface area contributed by atoms with Crippen molar-refractivity contribution in [3.8, 4) is 5.75 Å². The van der Waals surface area contributed by atoms with Crippen LogP contribution < -0.4 is 10.1 Å². The van der Waals surface area contributed by atoms with Gasteiger partial charge in [-0.1, -0.05) is 37.6 Å². The Morgan fingerprint density at radius 2 is 1.71 bits per heavy atom. The fraction of sp³-hybridized carbons (Fsp3) is 0.417. The third-order valence-electron chi connectivity index (χ3n) is 4.76. The maximum atomic E-state index is 13.1. The predicted molar refractivity (Wildman–Crippen MR) is 128 cm³/mol. The zero-order valence-corrected chi connectivity index (χ0v) is 20.1. The molecule has 7 heteroatoms. The molecule has 0 saturated heterocycles. The number of benzene rings is 2. The summed E-state index contributed by atoms with van der Waals surface area (Å²) in [6, 6.07) is 14.5. The first-order valence-corrected chi connectivity index (χ1v) is 11.7. The molecule has 0 unspecified atom stereocenters. The van der Waals surface area contributed by atoms with E-state index in [0.29, 0.717) is 36.2 Å². The van der Waals surface area contributed by atoms with Crippen LogP contribution in [0.25, 0.3) is 0 Å². The van der Waals surface area contributed by atoms with Gasteiger partial charge in [0.25, 0.3) is 0 Å². The highest BCUT2D eigenvalue weighted by molar-refractivity contribution is 7.99. The molecular formula is C24H31ClN2O3S. The molecule has 2 rings (SSSR count). The van der Waals surface area contributed by atoms with Crippen LogP contribution in [0, 0.1) is 5.92 Å². The number of hydrogen-bond acceptors (Lipinski definition) is 4. The molecule has 0 radical (unpaired) electrons. The van der Waals surface area contributed by atoms with Crippen molar-refractivity contribution >= 4 is 35.2 Å². The van der Waals surface area contributed by atoms with Gasteiger partial charge in [0.05, 0.1) is 7.11 Å². The third kappa shape index (κ3) is 8.46. The van der Waals surface area contributed by atoms with Crippen LogP contribution in [0.1, 0.15) is 32.8 Å². The molecule has 0 aliphatic heterocycles. The van der Waals surface area contributed by atoms with Crippen LogP contribution in [0.15, 0.2) is 53.4 Å². The van der Waals surface area contributed by atoms with Gasteiger partial charge < -0.3 is 15.0 Å². The Balaban J connectivity index is 2.05. The third-order valence-corrected chi connectivity index (χ3v) is 6.03. The Kier molecular flexibility index (Phi) is 10.2. The van der Waals surface area contributed by atoms with E-state index < -0.39 is 6.04 Å². The maximum Gasteiger partial charge on any atom is 0.242 e. The van der Waals surface area contributed by atoms with Gasteiger partial charge >= 0.3 is 0 Å². The van der Waals surface area contributed by atoms with Crippen molar-refractivity contribution in [3.63, 3.8) is 0 Å². The summed E-state index contributed by atoms with van der Waals surface area (Å²) in [7, 11) is 1.62. The first-order chi connectivity index (χ1) is 14.8. The van der Waals surface area contributed by atoms with E-state index in [2.05, 4.69) is 5.32 Å². The zero-order chi connectivity index (χ0) is 22.8. The first kappa shape index (κ1) is 25.1. The van der Waals surface area contributed by atoms with Crippen molar-refractivity contribution in [2.75, 3.05) is 19.4 Å². The number of nitrogens with zero attached hydrogens (tertiary/aromatic N) is 1. The molecule has 0 aromatic heterocycles. The Hall–Kier alpha value is -2.18. The molecule has 0 aliphatic rings. The summed E-state index contributed by atoms with van der Waals surface area (Å²) in [4.78, 5) is 28.5. The SMILES string of the molecule is COc1ccc(CN(C(=O)CCSc2ccc(Cl)cc2)[C@H](C)C(=O)NCC(C)C)cc1. The summed E-state index contributed by atoms with van der Waals surface area (Å²) in [5.74, 6) is 1.53. The molecule has 1 N–H and O–H groups in total. The van der Waals surface area contributed by atoms with Crippen molar-refractivity contribution in [3.05, 3.63) is 59.1 Å². The van der Waals surface area contributed by atoms with E-state index >= 15 is 0 Å². The van der Waals surface area contributed by atoms with Gasteiger partial charge in [0, 0.05) is 35.2 Å². The highest BCUT2D eigenvalue weighted by Crippen LogP contribution is 2.22. The maximum absolute atomic E-state index is 13.1. The Morgan fingerprint density at radius 1 is 1.06 bits per heavy atom. The lowest BCUT2D eigenvalue weighted by molar-refractivity contribution is -0.140. The van der Waals surface area contributed by atoms with Crippen LogP contribution in [0.3, 0.4) is 0 Å². The number of halogens is 1. The summed E-state index contributed by atoms with van der Waals surface area (Å²) < 4.78 is 5.21. The smallest absolute Gasteiger partial charge is 0.242 e. The summed E-state index contributed by atoms with van der Waals surface area (Å²) in [6.45, 7) is 6.81.